The normalized spacial score (nSPS) is 18.1. The summed E-state index contributed by atoms with van der Waals surface area (Å²) in [5.41, 5.74) is 1.99. The van der Waals surface area contributed by atoms with Crippen LogP contribution in [0.3, 0.4) is 0 Å². The number of nitrogens with one attached hydrogen (secondary N) is 3. The van der Waals surface area contributed by atoms with Gasteiger partial charge in [-0.2, -0.15) is 5.10 Å². The first-order valence-corrected chi connectivity index (χ1v) is 11.3. The van der Waals surface area contributed by atoms with E-state index in [0.29, 0.717) is 16.3 Å². The average molecular weight is 447 g/mol. The first kappa shape index (κ1) is 21.6. The summed E-state index contributed by atoms with van der Waals surface area (Å²) in [6.07, 6.45) is 6.90. The van der Waals surface area contributed by atoms with Crippen LogP contribution in [0.4, 0.5) is 11.4 Å². The Morgan fingerprint density at radius 3 is 2.58 bits per heavy atom. The van der Waals surface area contributed by atoms with Gasteiger partial charge in [-0.15, -0.1) is 0 Å². The molecule has 2 amide bonds. The number of likely N-dealkylation sites (N-methyl/N-ethyl adjacent to an activating group) is 1. The number of nitrogens with zero attached hydrogens (tertiary/aromatic N) is 3. The van der Waals surface area contributed by atoms with Crippen LogP contribution in [0, 0.1) is 0 Å². The maximum absolute atomic E-state index is 12.9. The van der Waals surface area contributed by atoms with Crippen LogP contribution >= 0.6 is 11.6 Å². The number of H-pyrrole nitrogens is 1. The maximum Gasteiger partial charge on any atom is 0.271 e. The largest absolute Gasteiger partial charge is 0.369 e. The predicted molar refractivity (Wildman–Crippen MR) is 124 cm³/mol. The van der Waals surface area contributed by atoms with E-state index < -0.39 is 0 Å². The first-order valence-electron chi connectivity index (χ1n) is 10.9. The van der Waals surface area contributed by atoms with Crippen molar-refractivity contribution in [3.8, 4) is 0 Å². The number of hydrogen-bond acceptors (Lipinski definition) is 5. The van der Waals surface area contributed by atoms with Crippen LogP contribution in [-0.2, 0) is 0 Å². The molecule has 4 rings (SSSR count). The number of piperazine rings is 1. The van der Waals surface area contributed by atoms with E-state index in [-0.39, 0.29) is 25.0 Å². The lowest BCUT2D eigenvalue weighted by Crippen LogP contribution is -2.44. The quantitative estimate of drug-likeness (QED) is 0.654. The Bertz CT molecular complexity index is 938. The van der Waals surface area contributed by atoms with E-state index in [1.807, 2.05) is 12.1 Å². The van der Waals surface area contributed by atoms with Gasteiger partial charge in [-0.1, -0.05) is 30.9 Å². The zero-order valence-electron chi connectivity index (χ0n) is 17.8. The number of amides is 2. The molecule has 9 heteroatoms. The number of halogens is 1. The minimum Gasteiger partial charge on any atom is -0.369 e. The van der Waals surface area contributed by atoms with Crippen molar-refractivity contribution in [1.29, 1.82) is 0 Å². The van der Waals surface area contributed by atoms with Gasteiger partial charge in [-0.3, -0.25) is 14.7 Å². The number of aromatic nitrogens is 2. The molecule has 1 saturated heterocycles. The van der Waals surface area contributed by atoms with Crippen molar-refractivity contribution < 1.29 is 11.0 Å². The molecule has 3 N–H and O–H groups in total. The van der Waals surface area contributed by atoms with E-state index >= 15 is 0 Å². The van der Waals surface area contributed by atoms with Crippen molar-refractivity contribution in [2.75, 3.05) is 43.4 Å². The van der Waals surface area contributed by atoms with Crippen molar-refractivity contribution in [2.24, 2.45) is 0 Å². The molecule has 8 nitrogen and oxygen atoms in total. The summed E-state index contributed by atoms with van der Waals surface area (Å²) in [7, 11) is 2.10. The van der Waals surface area contributed by atoms with E-state index in [0.717, 1.165) is 57.5 Å². The standard InChI is InChI=1S/C22H29ClN6O2.H2/c1-28-7-9-29(10-8-28)18-12-15(11-16(23)13-18)21(30)26-19-14-24-27-20(19)22(31)25-17-5-3-2-4-6-17;/h11-14,17H,2-10H2,1H3,(H,24,27)(H,25,31)(H,26,30);1H. The van der Waals surface area contributed by atoms with Crippen molar-refractivity contribution in [1.82, 2.24) is 20.4 Å². The minimum atomic E-state index is -0.328. The Labute approximate surface area is 188 Å². The monoisotopic (exact) mass is 446 g/mol. The second kappa shape index (κ2) is 9.70. The Balaban J connectivity index is 0.00000289. The highest BCUT2D eigenvalue weighted by Gasteiger charge is 2.22. The second-order valence-electron chi connectivity index (χ2n) is 8.41. The van der Waals surface area contributed by atoms with Gasteiger partial charge >= 0.3 is 0 Å². The lowest BCUT2D eigenvalue weighted by atomic mass is 9.95. The van der Waals surface area contributed by atoms with Gasteiger partial charge in [0.2, 0.25) is 0 Å². The highest BCUT2D eigenvalue weighted by molar-refractivity contribution is 6.31. The van der Waals surface area contributed by atoms with Gasteiger partial charge in [0.15, 0.2) is 0 Å². The molecule has 1 aliphatic carbocycles. The number of aromatic amines is 1. The van der Waals surface area contributed by atoms with Gasteiger partial charge in [0.1, 0.15) is 5.69 Å². The van der Waals surface area contributed by atoms with E-state index in [2.05, 4.69) is 37.7 Å². The summed E-state index contributed by atoms with van der Waals surface area (Å²) in [5.74, 6) is -0.574. The minimum absolute atomic E-state index is 0. The lowest BCUT2D eigenvalue weighted by Gasteiger charge is -2.34. The van der Waals surface area contributed by atoms with Crippen LogP contribution in [0.25, 0.3) is 0 Å². The smallest absolute Gasteiger partial charge is 0.271 e. The summed E-state index contributed by atoms with van der Waals surface area (Å²) in [4.78, 5) is 30.1. The van der Waals surface area contributed by atoms with Crippen molar-refractivity contribution >= 4 is 34.8 Å². The van der Waals surface area contributed by atoms with Crippen LogP contribution < -0.4 is 15.5 Å². The fourth-order valence-electron chi connectivity index (χ4n) is 4.21. The van der Waals surface area contributed by atoms with Gasteiger partial charge in [0.25, 0.3) is 11.8 Å². The molecule has 31 heavy (non-hydrogen) atoms. The number of carbonyl (C=O) groups excluding carboxylic acids is 2. The molecule has 1 aliphatic heterocycles. The molecular weight excluding hydrogens is 416 g/mol. The van der Waals surface area contributed by atoms with Gasteiger partial charge in [-0.25, -0.2) is 0 Å². The van der Waals surface area contributed by atoms with Crippen molar-refractivity contribution in [3.05, 3.63) is 40.7 Å². The van der Waals surface area contributed by atoms with E-state index in [1.54, 1.807) is 6.07 Å². The third-order valence-corrected chi connectivity index (χ3v) is 6.29. The molecule has 0 bridgehead atoms. The molecular formula is C22H31ClN6O2. The number of benzene rings is 1. The highest BCUT2D eigenvalue weighted by Crippen LogP contribution is 2.25. The van der Waals surface area contributed by atoms with E-state index in [9.17, 15) is 9.59 Å². The summed E-state index contributed by atoms with van der Waals surface area (Å²) in [6, 6.07) is 5.53. The maximum atomic E-state index is 12.9. The second-order valence-corrected chi connectivity index (χ2v) is 8.85. The van der Waals surface area contributed by atoms with Crippen molar-refractivity contribution in [3.63, 3.8) is 0 Å². The molecule has 1 aromatic heterocycles. The first-order chi connectivity index (χ1) is 15.0. The number of anilines is 2. The van der Waals surface area contributed by atoms with Crippen molar-refractivity contribution in [2.45, 2.75) is 38.1 Å². The zero-order valence-corrected chi connectivity index (χ0v) is 18.5. The highest BCUT2D eigenvalue weighted by atomic mass is 35.5. The fraction of sp³-hybridized carbons (Fsp3) is 0.500. The molecule has 2 heterocycles. The Kier molecular flexibility index (Phi) is 6.77. The summed E-state index contributed by atoms with van der Waals surface area (Å²) in [5, 5.41) is 13.0. The SMILES string of the molecule is CN1CCN(c2cc(Cl)cc(C(=O)Nc3cn[nH]c3C(=O)NC3CCCCC3)c2)CC1.[HH]. The molecule has 0 spiro atoms. The summed E-state index contributed by atoms with van der Waals surface area (Å²) < 4.78 is 0. The van der Waals surface area contributed by atoms with Crippen LogP contribution in [0.1, 0.15) is 54.4 Å². The molecule has 0 radical (unpaired) electrons. The average Bonchev–Trinajstić information content (AvgIpc) is 3.23. The summed E-state index contributed by atoms with van der Waals surface area (Å²) in [6.45, 7) is 3.68. The molecule has 0 unspecified atom stereocenters. The zero-order chi connectivity index (χ0) is 21.8. The molecule has 2 fully saturated rings. The molecule has 2 aliphatic rings. The fourth-order valence-corrected chi connectivity index (χ4v) is 4.43. The third kappa shape index (κ3) is 5.37. The van der Waals surface area contributed by atoms with Crippen LogP contribution in [0.2, 0.25) is 5.02 Å². The van der Waals surface area contributed by atoms with Gasteiger partial charge in [-0.05, 0) is 38.1 Å². The van der Waals surface area contributed by atoms with Crippen LogP contribution in [-0.4, -0.2) is 66.2 Å². The summed E-state index contributed by atoms with van der Waals surface area (Å²) >= 11 is 6.31. The molecule has 1 aromatic carbocycles. The lowest BCUT2D eigenvalue weighted by molar-refractivity contribution is 0.0923. The Hall–Kier alpha value is -2.58. The number of hydrogen-bond donors (Lipinski definition) is 3. The van der Waals surface area contributed by atoms with Gasteiger partial charge in [0.05, 0.1) is 11.9 Å². The molecule has 1 saturated carbocycles. The van der Waals surface area contributed by atoms with E-state index in [4.69, 9.17) is 11.6 Å². The Morgan fingerprint density at radius 1 is 1.10 bits per heavy atom. The Morgan fingerprint density at radius 2 is 1.84 bits per heavy atom. The molecule has 0 atom stereocenters. The predicted octanol–water partition coefficient (Wildman–Crippen LogP) is 3.38. The van der Waals surface area contributed by atoms with Gasteiger partial charge < -0.3 is 20.4 Å². The third-order valence-electron chi connectivity index (χ3n) is 6.07. The molecule has 2 aromatic rings. The van der Waals surface area contributed by atoms with Crippen LogP contribution in [0.5, 0.6) is 0 Å². The number of rotatable bonds is 5. The van der Waals surface area contributed by atoms with Gasteiger partial charge in [0, 0.05) is 49.9 Å². The topological polar surface area (TPSA) is 93.4 Å². The van der Waals surface area contributed by atoms with Crippen LogP contribution in [0.15, 0.2) is 24.4 Å². The molecule has 168 valence electrons. The van der Waals surface area contributed by atoms with E-state index in [1.165, 1.54) is 12.6 Å². The number of carbonyl (C=O) groups is 2.